The molecular weight excluding hydrogens is 454 g/mol. The van der Waals surface area contributed by atoms with Crippen molar-refractivity contribution in [3.63, 3.8) is 0 Å². The van der Waals surface area contributed by atoms with Gasteiger partial charge in [-0.05, 0) is 74.8 Å². The third-order valence-corrected chi connectivity index (χ3v) is 6.81. The number of nitrogens with zero attached hydrogens (tertiary/aromatic N) is 1. The Morgan fingerprint density at radius 3 is 2.42 bits per heavy atom. The highest BCUT2D eigenvalue weighted by Gasteiger charge is 2.23. The molecule has 1 aliphatic heterocycles. The molecule has 4 rings (SSSR count). The first kappa shape index (κ1) is 26.0. The molecule has 2 heterocycles. The largest absolute Gasteiger partial charge is 0.513 e. The van der Waals surface area contributed by atoms with Gasteiger partial charge in [-0.1, -0.05) is 39.8 Å². The zero-order valence-corrected chi connectivity index (χ0v) is 22.5. The Labute approximate surface area is 213 Å². The van der Waals surface area contributed by atoms with Gasteiger partial charge in [-0.3, -0.25) is 4.98 Å². The minimum Gasteiger partial charge on any atom is -0.457 e. The van der Waals surface area contributed by atoms with Crippen LogP contribution in [0.3, 0.4) is 0 Å². The molecule has 0 spiro atoms. The van der Waals surface area contributed by atoms with Crippen molar-refractivity contribution in [2.75, 3.05) is 13.2 Å². The van der Waals surface area contributed by atoms with Crippen molar-refractivity contribution in [1.29, 1.82) is 0 Å². The highest BCUT2D eigenvalue weighted by molar-refractivity contribution is 5.94. The number of fused-ring (bicyclic) bond motifs is 1. The van der Waals surface area contributed by atoms with E-state index in [0.717, 1.165) is 64.0 Å². The summed E-state index contributed by atoms with van der Waals surface area (Å²) in [6, 6.07) is 10.2. The second-order valence-corrected chi connectivity index (χ2v) is 10.6. The zero-order chi connectivity index (χ0) is 26.0. The Morgan fingerprint density at radius 1 is 1.08 bits per heavy atom. The van der Waals surface area contributed by atoms with E-state index in [1.54, 1.807) is 0 Å². The summed E-state index contributed by atoms with van der Waals surface area (Å²) in [5.74, 6) is 1.95. The molecule has 6 heteroatoms. The molecule has 1 aromatic heterocycles. The molecule has 1 fully saturated rings. The van der Waals surface area contributed by atoms with Gasteiger partial charge in [0.05, 0.1) is 17.0 Å². The number of ether oxygens (including phenoxy) is 4. The second kappa shape index (κ2) is 10.5. The van der Waals surface area contributed by atoms with Gasteiger partial charge in [0.25, 0.3) is 0 Å². The van der Waals surface area contributed by atoms with Crippen LogP contribution in [0.25, 0.3) is 10.9 Å². The fourth-order valence-electron chi connectivity index (χ4n) is 4.69. The number of pyridine rings is 1. The molecular formula is C30H37NO5. The van der Waals surface area contributed by atoms with Crippen molar-refractivity contribution in [3.05, 3.63) is 58.3 Å². The van der Waals surface area contributed by atoms with Crippen molar-refractivity contribution < 1.29 is 23.7 Å². The van der Waals surface area contributed by atoms with E-state index in [0.29, 0.717) is 12.4 Å². The van der Waals surface area contributed by atoms with E-state index in [9.17, 15) is 4.79 Å². The molecule has 0 aliphatic carbocycles. The molecule has 0 amide bonds. The number of aromatic nitrogens is 1. The minimum atomic E-state index is -0.733. The number of benzene rings is 2. The van der Waals surface area contributed by atoms with E-state index in [2.05, 4.69) is 32.9 Å². The third kappa shape index (κ3) is 5.49. The summed E-state index contributed by atoms with van der Waals surface area (Å²) in [4.78, 5) is 17.6. The summed E-state index contributed by atoms with van der Waals surface area (Å²) in [7, 11) is 0. The summed E-state index contributed by atoms with van der Waals surface area (Å²) < 4.78 is 23.2. The van der Waals surface area contributed by atoms with Crippen molar-refractivity contribution in [2.45, 2.75) is 79.2 Å². The summed E-state index contributed by atoms with van der Waals surface area (Å²) in [5.41, 5.74) is 5.62. The van der Waals surface area contributed by atoms with E-state index in [-0.39, 0.29) is 18.1 Å². The van der Waals surface area contributed by atoms with Crippen molar-refractivity contribution in [1.82, 2.24) is 4.98 Å². The SMILES string of the molecule is CCc1nc2cc(C)c(Oc3ccc(C(C)(C)C)cc3)c(C)c2c(OC(=O)OCC2CCCO2)c1C. The minimum absolute atomic E-state index is 0.0620. The zero-order valence-electron chi connectivity index (χ0n) is 22.5. The molecule has 1 unspecified atom stereocenters. The van der Waals surface area contributed by atoms with Gasteiger partial charge >= 0.3 is 6.16 Å². The molecule has 2 aromatic carbocycles. The van der Waals surface area contributed by atoms with Crippen LogP contribution in [0.15, 0.2) is 30.3 Å². The standard InChI is InChI=1S/C30H37NO5/c1-8-24-19(3)28(36-29(32)34-17-23-10-9-15-33-23)26-20(4)27(18(2)16-25(26)31-24)35-22-13-11-21(12-14-22)30(5,6)7/h11-14,16,23H,8-10,15,17H2,1-7H3. The Kier molecular flexibility index (Phi) is 7.55. The van der Waals surface area contributed by atoms with E-state index in [4.69, 9.17) is 23.9 Å². The van der Waals surface area contributed by atoms with Crippen LogP contribution in [-0.2, 0) is 21.3 Å². The van der Waals surface area contributed by atoms with Crippen LogP contribution >= 0.6 is 0 Å². The number of carbonyl (C=O) groups excluding carboxylic acids is 1. The maximum Gasteiger partial charge on any atom is 0.513 e. The van der Waals surface area contributed by atoms with E-state index < -0.39 is 6.16 Å². The Morgan fingerprint density at radius 2 is 1.81 bits per heavy atom. The first-order chi connectivity index (χ1) is 17.1. The lowest BCUT2D eigenvalue weighted by atomic mass is 9.87. The maximum absolute atomic E-state index is 12.7. The quantitative estimate of drug-likeness (QED) is 0.333. The molecule has 1 aliphatic rings. The summed E-state index contributed by atoms with van der Waals surface area (Å²) in [6.07, 6.45) is 1.80. The Hall–Kier alpha value is -3.12. The van der Waals surface area contributed by atoms with E-state index in [1.807, 2.05) is 45.9 Å². The van der Waals surface area contributed by atoms with Crippen LogP contribution in [0.1, 0.15) is 68.5 Å². The summed E-state index contributed by atoms with van der Waals surface area (Å²) >= 11 is 0. The average Bonchev–Trinajstić information content (AvgIpc) is 3.35. The average molecular weight is 492 g/mol. The predicted octanol–water partition coefficient (Wildman–Crippen LogP) is 7.51. The number of aryl methyl sites for hydroxylation is 3. The third-order valence-electron chi connectivity index (χ3n) is 6.81. The van der Waals surface area contributed by atoms with Crippen molar-refractivity contribution in [2.24, 2.45) is 0 Å². The molecule has 0 N–H and O–H groups in total. The molecule has 3 aromatic rings. The van der Waals surface area contributed by atoms with E-state index >= 15 is 0 Å². The Bertz CT molecular complexity index is 1250. The number of rotatable bonds is 6. The Balaban J connectivity index is 1.70. The van der Waals surface area contributed by atoms with Gasteiger partial charge in [0.1, 0.15) is 23.9 Å². The molecule has 6 nitrogen and oxygen atoms in total. The molecule has 192 valence electrons. The first-order valence-electron chi connectivity index (χ1n) is 12.8. The van der Waals surface area contributed by atoms with Gasteiger partial charge in [0.15, 0.2) is 0 Å². The van der Waals surface area contributed by atoms with Crippen molar-refractivity contribution >= 4 is 17.1 Å². The van der Waals surface area contributed by atoms with Crippen LogP contribution in [0, 0.1) is 20.8 Å². The topological polar surface area (TPSA) is 66.9 Å². The number of carbonyl (C=O) groups is 1. The highest BCUT2D eigenvalue weighted by atomic mass is 16.7. The maximum atomic E-state index is 12.7. The van der Waals surface area contributed by atoms with Gasteiger partial charge < -0.3 is 18.9 Å². The van der Waals surface area contributed by atoms with E-state index in [1.165, 1.54) is 5.56 Å². The first-order valence-corrected chi connectivity index (χ1v) is 12.8. The number of hydrogen-bond donors (Lipinski definition) is 0. The van der Waals surface area contributed by atoms with Gasteiger partial charge in [-0.25, -0.2) is 4.79 Å². The van der Waals surface area contributed by atoms with Gasteiger partial charge in [-0.15, -0.1) is 0 Å². The van der Waals surface area contributed by atoms with Gasteiger partial charge in [0.2, 0.25) is 0 Å². The monoisotopic (exact) mass is 491 g/mol. The molecule has 1 saturated heterocycles. The normalized spacial score (nSPS) is 15.8. The second-order valence-electron chi connectivity index (χ2n) is 10.6. The fraction of sp³-hybridized carbons (Fsp3) is 0.467. The van der Waals surface area contributed by atoms with Gasteiger partial charge in [-0.2, -0.15) is 0 Å². The molecule has 0 saturated carbocycles. The fourth-order valence-corrected chi connectivity index (χ4v) is 4.69. The number of hydrogen-bond acceptors (Lipinski definition) is 6. The molecule has 0 radical (unpaired) electrons. The van der Waals surface area contributed by atoms with Gasteiger partial charge in [0, 0.05) is 23.4 Å². The molecule has 36 heavy (non-hydrogen) atoms. The lowest BCUT2D eigenvalue weighted by molar-refractivity contribution is 0.0274. The predicted molar refractivity (Wildman–Crippen MR) is 141 cm³/mol. The lowest BCUT2D eigenvalue weighted by Gasteiger charge is -2.21. The van der Waals surface area contributed by atoms with Crippen LogP contribution in [0.2, 0.25) is 0 Å². The van der Waals surface area contributed by atoms with Crippen LogP contribution in [-0.4, -0.2) is 30.5 Å². The lowest BCUT2D eigenvalue weighted by Crippen LogP contribution is -2.20. The smallest absolute Gasteiger partial charge is 0.457 e. The molecule has 1 atom stereocenters. The highest BCUT2D eigenvalue weighted by Crippen LogP contribution is 2.41. The van der Waals surface area contributed by atoms with Crippen LogP contribution in [0.4, 0.5) is 4.79 Å². The summed E-state index contributed by atoms with van der Waals surface area (Å²) in [6.45, 7) is 15.4. The molecule has 0 bridgehead atoms. The van der Waals surface area contributed by atoms with Crippen LogP contribution < -0.4 is 9.47 Å². The van der Waals surface area contributed by atoms with Crippen molar-refractivity contribution in [3.8, 4) is 17.2 Å². The summed E-state index contributed by atoms with van der Waals surface area (Å²) in [5, 5.41) is 0.755. The van der Waals surface area contributed by atoms with Crippen LogP contribution in [0.5, 0.6) is 17.2 Å².